The van der Waals surface area contributed by atoms with Crippen LogP contribution in [0.2, 0.25) is 0 Å². The Morgan fingerprint density at radius 3 is 2.57 bits per heavy atom. The van der Waals surface area contributed by atoms with Gasteiger partial charge in [-0.05, 0) is 37.7 Å². The molecule has 2 aliphatic rings. The second kappa shape index (κ2) is 8.86. The lowest BCUT2D eigenvalue weighted by atomic mass is 9.99. The maximum Gasteiger partial charge on any atom is 0.387 e. The number of fused-ring (bicyclic) bond motifs is 2. The van der Waals surface area contributed by atoms with Gasteiger partial charge in [-0.25, -0.2) is 19.3 Å². The first-order valence-electron chi connectivity index (χ1n) is 12.0. The number of halogens is 3. The molecule has 0 amide bonds. The molecule has 3 heterocycles. The van der Waals surface area contributed by atoms with Crippen LogP contribution >= 0.6 is 0 Å². The van der Waals surface area contributed by atoms with Crippen molar-refractivity contribution in [1.29, 1.82) is 0 Å². The molecule has 1 aromatic carbocycles. The summed E-state index contributed by atoms with van der Waals surface area (Å²) in [4.78, 5) is 24.6. The minimum Gasteiger partial charge on any atom is -0.481 e. The molecule has 6 rings (SSSR count). The van der Waals surface area contributed by atoms with Gasteiger partial charge in [0, 0.05) is 59.4 Å². The molecule has 3 aromatic heterocycles. The van der Waals surface area contributed by atoms with E-state index in [2.05, 4.69) is 19.7 Å². The fraction of sp³-hybridized carbons (Fsp3) is 0.333. The summed E-state index contributed by atoms with van der Waals surface area (Å²) in [6, 6.07) is 7.89. The number of ether oxygens (including phenoxy) is 1. The van der Waals surface area contributed by atoms with E-state index in [-0.39, 0.29) is 41.4 Å². The summed E-state index contributed by atoms with van der Waals surface area (Å²) in [5.74, 6) is -0.199. The fourth-order valence-electron chi connectivity index (χ4n) is 5.80. The Balaban J connectivity index is 1.28. The van der Waals surface area contributed by atoms with Crippen LogP contribution < -0.4 is 4.74 Å². The fourth-order valence-corrected chi connectivity index (χ4v) is 5.80. The standard InChI is InChI=1S/C27H23F3N4O3/c1-13-21(8-14-4-2-3-5-22(14)37-27(29)30)34-12-19(20(28)9-23(34)33-13)16-10-31-25(32-11-16)15-6-17-18(7-15)24(17)26(35)36/h2-5,9-12,15,17-18,24,27H,6-8H2,1H3,(H,35,36)/t15?,17-,18+,24-. The molecule has 4 atom stereocenters. The number of carboxylic acids is 1. The molecule has 1 N–H and O–H groups in total. The van der Waals surface area contributed by atoms with Gasteiger partial charge in [-0.2, -0.15) is 8.78 Å². The number of imidazole rings is 1. The van der Waals surface area contributed by atoms with Crippen LogP contribution in [0.25, 0.3) is 16.8 Å². The number of carbonyl (C=O) groups is 1. The Hall–Kier alpha value is -3.95. The largest absolute Gasteiger partial charge is 0.481 e. The van der Waals surface area contributed by atoms with Gasteiger partial charge >= 0.3 is 12.6 Å². The average molecular weight is 509 g/mol. The zero-order valence-electron chi connectivity index (χ0n) is 19.8. The molecular formula is C27H23F3N4O3. The molecule has 2 saturated carbocycles. The average Bonchev–Trinajstić information content (AvgIpc) is 3.22. The summed E-state index contributed by atoms with van der Waals surface area (Å²) in [5.41, 5.74) is 3.11. The van der Waals surface area contributed by atoms with Crippen molar-refractivity contribution < 1.29 is 27.8 Å². The van der Waals surface area contributed by atoms with Crippen LogP contribution in [0.5, 0.6) is 5.75 Å². The predicted octanol–water partition coefficient (Wildman–Crippen LogP) is 5.26. The summed E-state index contributed by atoms with van der Waals surface area (Å²) in [6.45, 7) is -1.16. The SMILES string of the molecule is Cc1nc2cc(F)c(-c3cnc(C4C[C@@H]5[C@H](C4)[C@@H]5C(=O)O)nc3)cn2c1Cc1ccccc1OC(F)F. The molecule has 0 aliphatic heterocycles. The molecule has 0 saturated heterocycles. The first kappa shape index (κ1) is 23.4. The van der Waals surface area contributed by atoms with Gasteiger partial charge in [0.1, 0.15) is 23.0 Å². The number of alkyl halides is 2. The monoisotopic (exact) mass is 508 g/mol. The van der Waals surface area contributed by atoms with Crippen molar-refractivity contribution in [3.05, 3.63) is 77.5 Å². The number of benzene rings is 1. The summed E-state index contributed by atoms with van der Waals surface area (Å²) >= 11 is 0. The maximum absolute atomic E-state index is 15.1. The molecule has 0 spiro atoms. The van der Waals surface area contributed by atoms with Gasteiger partial charge < -0.3 is 14.2 Å². The van der Waals surface area contributed by atoms with Crippen molar-refractivity contribution in [3.63, 3.8) is 0 Å². The number of aliphatic carboxylic acids is 1. The number of aromatic nitrogens is 4. The van der Waals surface area contributed by atoms with Crippen molar-refractivity contribution in [2.45, 2.75) is 38.7 Å². The van der Waals surface area contributed by atoms with Crippen LogP contribution in [0.3, 0.4) is 0 Å². The number of aryl methyl sites for hydroxylation is 1. The smallest absolute Gasteiger partial charge is 0.387 e. The summed E-state index contributed by atoms with van der Waals surface area (Å²) in [5, 5.41) is 9.22. The summed E-state index contributed by atoms with van der Waals surface area (Å²) in [7, 11) is 0. The Bertz CT molecular complexity index is 1490. The minimum absolute atomic E-state index is 0.0809. The molecule has 4 aromatic rings. The van der Waals surface area contributed by atoms with Gasteiger partial charge in [-0.3, -0.25) is 4.79 Å². The Morgan fingerprint density at radius 2 is 1.89 bits per heavy atom. The van der Waals surface area contributed by atoms with Crippen LogP contribution in [0.15, 0.2) is 48.9 Å². The highest BCUT2D eigenvalue weighted by Gasteiger charge is 2.60. The zero-order chi connectivity index (χ0) is 25.8. The Labute approximate surface area is 210 Å². The topological polar surface area (TPSA) is 89.6 Å². The van der Waals surface area contributed by atoms with E-state index < -0.39 is 18.4 Å². The van der Waals surface area contributed by atoms with E-state index in [1.54, 1.807) is 48.1 Å². The van der Waals surface area contributed by atoms with Crippen molar-refractivity contribution in [3.8, 4) is 16.9 Å². The first-order chi connectivity index (χ1) is 17.8. The first-order valence-corrected chi connectivity index (χ1v) is 12.0. The van der Waals surface area contributed by atoms with Gasteiger partial charge in [0.2, 0.25) is 0 Å². The van der Waals surface area contributed by atoms with Crippen LogP contribution in [0.4, 0.5) is 13.2 Å². The normalized spacial score (nSPS) is 22.4. The third-order valence-electron chi connectivity index (χ3n) is 7.63. The molecular weight excluding hydrogens is 485 g/mol. The molecule has 2 aliphatic carbocycles. The molecule has 190 valence electrons. The quantitative estimate of drug-likeness (QED) is 0.367. The van der Waals surface area contributed by atoms with E-state index in [4.69, 9.17) is 0 Å². The molecule has 10 heteroatoms. The minimum atomic E-state index is -2.94. The molecule has 37 heavy (non-hydrogen) atoms. The number of para-hydroxylation sites is 1. The highest BCUT2D eigenvalue weighted by atomic mass is 19.3. The highest BCUT2D eigenvalue weighted by molar-refractivity contribution is 5.74. The maximum atomic E-state index is 15.1. The zero-order valence-corrected chi connectivity index (χ0v) is 19.8. The van der Waals surface area contributed by atoms with Crippen molar-refractivity contribution in [2.75, 3.05) is 0 Å². The number of pyridine rings is 1. The van der Waals surface area contributed by atoms with Gasteiger partial charge in [0.05, 0.1) is 11.6 Å². The number of hydrogen-bond donors (Lipinski definition) is 1. The highest BCUT2D eigenvalue weighted by Crippen LogP contribution is 2.61. The number of carboxylic acid groups (broad SMARTS) is 1. The second-order valence-corrected chi connectivity index (χ2v) is 9.76. The van der Waals surface area contributed by atoms with E-state index in [1.165, 1.54) is 12.1 Å². The van der Waals surface area contributed by atoms with Gasteiger partial charge in [0.15, 0.2) is 0 Å². The predicted molar refractivity (Wildman–Crippen MR) is 127 cm³/mol. The van der Waals surface area contributed by atoms with Crippen LogP contribution in [0.1, 0.15) is 41.5 Å². The van der Waals surface area contributed by atoms with E-state index in [1.807, 2.05) is 0 Å². The Morgan fingerprint density at radius 1 is 1.19 bits per heavy atom. The van der Waals surface area contributed by atoms with Crippen LogP contribution in [0, 0.1) is 30.5 Å². The van der Waals surface area contributed by atoms with E-state index >= 15 is 4.39 Å². The van der Waals surface area contributed by atoms with Gasteiger partial charge in [-0.15, -0.1) is 0 Å². The van der Waals surface area contributed by atoms with Gasteiger partial charge in [-0.1, -0.05) is 18.2 Å². The summed E-state index contributed by atoms with van der Waals surface area (Å²) < 4.78 is 47.3. The summed E-state index contributed by atoms with van der Waals surface area (Å²) in [6.07, 6.45) is 6.57. The second-order valence-electron chi connectivity index (χ2n) is 9.76. The molecule has 0 radical (unpaired) electrons. The third kappa shape index (κ3) is 4.20. The molecule has 2 fully saturated rings. The Kier molecular flexibility index (Phi) is 5.62. The lowest BCUT2D eigenvalue weighted by Gasteiger charge is -2.13. The number of rotatable bonds is 7. The van der Waals surface area contributed by atoms with E-state index in [9.17, 15) is 18.7 Å². The van der Waals surface area contributed by atoms with Crippen LogP contribution in [-0.2, 0) is 11.2 Å². The van der Waals surface area contributed by atoms with Crippen molar-refractivity contribution in [2.24, 2.45) is 17.8 Å². The lowest BCUT2D eigenvalue weighted by Crippen LogP contribution is -2.09. The molecule has 7 nitrogen and oxygen atoms in total. The lowest BCUT2D eigenvalue weighted by molar-refractivity contribution is -0.139. The number of hydrogen-bond acceptors (Lipinski definition) is 5. The van der Waals surface area contributed by atoms with E-state index in [0.717, 1.165) is 18.5 Å². The van der Waals surface area contributed by atoms with Gasteiger partial charge in [0.25, 0.3) is 0 Å². The third-order valence-corrected chi connectivity index (χ3v) is 7.63. The van der Waals surface area contributed by atoms with Crippen molar-refractivity contribution in [1.82, 2.24) is 19.4 Å². The molecule has 1 unspecified atom stereocenters. The van der Waals surface area contributed by atoms with Crippen LogP contribution in [-0.4, -0.2) is 37.0 Å². The number of nitrogens with zero attached hydrogens (tertiary/aromatic N) is 4. The van der Waals surface area contributed by atoms with E-state index in [0.29, 0.717) is 28.3 Å². The molecule has 0 bridgehead atoms. The van der Waals surface area contributed by atoms with Crippen molar-refractivity contribution >= 4 is 11.6 Å².